The van der Waals surface area contributed by atoms with Crippen LogP contribution in [0.2, 0.25) is 0 Å². The molecule has 1 saturated carbocycles. The molecule has 1 rings (SSSR count). The van der Waals surface area contributed by atoms with E-state index >= 15 is 0 Å². The molecule has 0 saturated heterocycles. The van der Waals surface area contributed by atoms with Crippen LogP contribution in [-0.2, 0) is 9.59 Å². The van der Waals surface area contributed by atoms with Gasteiger partial charge in [-0.2, -0.15) is 0 Å². The summed E-state index contributed by atoms with van der Waals surface area (Å²) in [6.07, 6.45) is 7.19. The summed E-state index contributed by atoms with van der Waals surface area (Å²) in [5.74, 6) is -1.71. The van der Waals surface area contributed by atoms with Crippen molar-refractivity contribution in [3.05, 3.63) is 0 Å². The van der Waals surface area contributed by atoms with Gasteiger partial charge in [0.25, 0.3) is 0 Å². The lowest BCUT2D eigenvalue weighted by Crippen LogP contribution is -2.40. The van der Waals surface area contributed by atoms with Crippen molar-refractivity contribution in [2.24, 2.45) is 17.3 Å². The summed E-state index contributed by atoms with van der Waals surface area (Å²) in [6, 6.07) is 0. The first-order chi connectivity index (χ1) is 9.45. The summed E-state index contributed by atoms with van der Waals surface area (Å²) in [4.78, 5) is 23.0. The Hall–Kier alpha value is -1.06. The van der Waals surface area contributed by atoms with Gasteiger partial charge in [-0.05, 0) is 31.6 Å². The number of hydrogen-bond donors (Lipinski definition) is 2. The maximum atomic E-state index is 11.8. The van der Waals surface area contributed by atoms with Crippen molar-refractivity contribution in [3.8, 4) is 0 Å². The molecule has 0 heterocycles. The fourth-order valence-electron chi connectivity index (χ4n) is 3.54. The maximum absolute atomic E-state index is 11.8. The molecule has 0 bridgehead atoms. The van der Waals surface area contributed by atoms with Crippen molar-refractivity contribution >= 4 is 11.9 Å². The number of unbranched alkanes of at least 4 members (excludes halogenated alkanes) is 1. The van der Waals surface area contributed by atoms with Crippen molar-refractivity contribution in [2.75, 3.05) is 0 Å². The first-order valence-corrected chi connectivity index (χ1v) is 7.91. The Morgan fingerprint density at radius 1 is 1.30 bits per heavy atom. The smallest absolute Gasteiger partial charge is 0.309 e. The molecule has 1 aliphatic carbocycles. The molecular weight excluding hydrogens is 256 g/mol. The molecule has 3 atom stereocenters. The van der Waals surface area contributed by atoms with Gasteiger partial charge < -0.3 is 10.2 Å². The molecule has 2 N–H and O–H groups in total. The first-order valence-electron chi connectivity index (χ1n) is 7.91. The summed E-state index contributed by atoms with van der Waals surface area (Å²) in [5.41, 5.74) is -0.810. The predicted octanol–water partition coefficient (Wildman–Crippen LogP) is 3.94. The van der Waals surface area contributed by atoms with E-state index in [4.69, 9.17) is 0 Å². The van der Waals surface area contributed by atoms with E-state index in [2.05, 4.69) is 13.8 Å². The third-order valence-corrected chi connectivity index (χ3v) is 4.87. The Kier molecular flexibility index (Phi) is 6.50. The summed E-state index contributed by atoms with van der Waals surface area (Å²) >= 11 is 0. The highest BCUT2D eigenvalue weighted by molar-refractivity contribution is 5.77. The summed E-state index contributed by atoms with van der Waals surface area (Å²) in [7, 11) is 0. The van der Waals surface area contributed by atoms with Crippen LogP contribution < -0.4 is 0 Å². The minimum absolute atomic E-state index is 0.306. The lowest BCUT2D eigenvalue weighted by atomic mass is 9.65. The number of carbonyl (C=O) groups is 2. The van der Waals surface area contributed by atoms with E-state index in [1.54, 1.807) is 0 Å². The fraction of sp³-hybridized carbons (Fsp3) is 0.875. The number of aliphatic carboxylic acids is 2. The SMILES string of the molecule is CCCCC(CC)CC1(C(=O)O)CCCC(C(=O)O)C1. The van der Waals surface area contributed by atoms with Crippen LogP contribution in [0.5, 0.6) is 0 Å². The van der Waals surface area contributed by atoms with Crippen LogP contribution in [0.15, 0.2) is 0 Å². The van der Waals surface area contributed by atoms with Gasteiger partial charge in [0.15, 0.2) is 0 Å². The highest BCUT2D eigenvalue weighted by atomic mass is 16.4. The maximum Gasteiger partial charge on any atom is 0.309 e. The molecule has 3 unspecified atom stereocenters. The molecule has 1 aliphatic rings. The molecule has 116 valence electrons. The summed E-state index contributed by atoms with van der Waals surface area (Å²) in [6.45, 7) is 4.24. The van der Waals surface area contributed by atoms with Gasteiger partial charge in [-0.1, -0.05) is 46.0 Å². The van der Waals surface area contributed by atoms with E-state index in [1.165, 1.54) is 0 Å². The van der Waals surface area contributed by atoms with E-state index in [0.717, 1.165) is 25.7 Å². The number of carboxylic acids is 2. The number of carboxylic acid groups (broad SMARTS) is 2. The van der Waals surface area contributed by atoms with E-state index in [1.807, 2.05) is 0 Å². The molecule has 0 radical (unpaired) electrons. The molecule has 0 spiro atoms. The zero-order valence-corrected chi connectivity index (χ0v) is 12.7. The van der Waals surface area contributed by atoms with Crippen LogP contribution >= 0.6 is 0 Å². The Balaban J connectivity index is 2.80. The van der Waals surface area contributed by atoms with Crippen LogP contribution in [0.4, 0.5) is 0 Å². The van der Waals surface area contributed by atoms with Gasteiger partial charge in [0.2, 0.25) is 0 Å². The minimum atomic E-state index is -0.836. The van der Waals surface area contributed by atoms with Crippen molar-refractivity contribution in [2.45, 2.75) is 71.6 Å². The Bertz CT molecular complexity index is 339. The van der Waals surface area contributed by atoms with Gasteiger partial charge in [-0.15, -0.1) is 0 Å². The quantitative estimate of drug-likeness (QED) is 0.708. The average Bonchev–Trinajstić information content (AvgIpc) is 2.43. The van der Waals surface area contributed by atoms with Crippen LogP contribution in [0.1, 0.15) is 71.6 Å². The molecule has 0 amide bonds. The van der Waals surface area contributed by atoms with E-state index in [-0.39, 0.29) is 0 Å². The molecule has 0 aromatic rings. The second kappa shape index (κ2) is 7.65. The number of hydrogen-bond acceptors (Lipinski definition) is 2. The van der Waals surface area contributed by atoms with Crippen LogP contribution in [-0.4, -0.2) is 22.2 Å². The molecule has 1 fully saturated rings. The Morgan fingerprint density at radius 2 is 2.00 bits per heavy atom. The lowest BCUT2D eigenvalue weighted by molar-refractivity contribution is -0.157. The first kappa shape index (κ1) is 17.0. The Labute approximate surface area is 121 Å². The predicted molar refractivity (Wildman–Crippen MR) is 77.6 cm³/mol. The van der Waals surface area contributed by atoms with Crippen LogP contribution in [0, 0.1) is 17.3 Å². The second-order valence-corrected chi connectivity index (χ2v) is 6.34. The third-order valence-electron chi connectivity index (χ3n) is 4.87. The van der Waals surface area contributed by atoms with Gasteiger partial charge >= 0.3 is 11.9 Å². The van der Waals surface area contributed by atoms with E-state index < -0.39 is 23.3 Å². The molecular formula is C16H28O4. The number of rotatable bonds is 8. The van der Waals surface area contributed by atoms with Crippen molar-refractivity contribution in [1.29, 1.82) is 0 Å². The van der Waals surface area contributed by atoms with Gasteiger partial charge in [0.05, 0.1) is 11.3 Å². The monoisotopic (exact) mass is 284 g/mol. The zero-order valence-electron chi connectivity index (χ0n) is 12.7. The van der Waals surface area contributed by atoms with Crippen molar-refractivity contribution < 1.29 is 19.8 Å². The molecule has 4 nitrogen and oxygen atoms in total. The van der Waals surface area contributed by atoms with Gasteiger partial charge in [0.1, 0.15) is 0 Å². The van der Waals surface area contributed by atoms with E-state index in [0.29, 0.717) is 38.0 Å². The standard InChI is InChI=1S/C16H28O4/c1-3-5-7-12(4-2)10-16(15(19)20)9-6-8-13(11-16)14(17)18/h12-13H,3-11H2,1-2H3,(H,17,18)(H,19,20). The summed E-state index contributed by atoms with van der Waals surface area (Å²) in [5, 5.41) is 18.9. The second-order valence-electron chi connectivity index (χ2n) is 6.34. The average molecular weight is 284 g/mol. The molecule has 0 aromatic carbocycles. The van der Waals surface area contributed by atoms with E-state index in [9.17, 15) is 19.8 Å². The third kappa shape index (κ3) is 4.22. The van der Waals surface area contributed by atoms with Crippen molar-refractivity contribution in [3.63, 3.8) is 0 Å². The normalized spacial score (nSPS) is 28.0. The fourth-order valence-corrected chi connectivity index (χ4v) is 3.54. The molecule has 4 heteroatoms. The van der Waals surface area contributed by atoms with Gasteiger partial charge in [0, 0.05) is 0 Å². The van der Waals surface area contributed by atoms with Crippen molar-refractivity contribution in [1.82, 2.24) is 0 Å². The lowest BCUT2D eigenvalue weighted by Gasteiger charge is -2.38. The molecule has 0 aliphatic heterocycles. The zero-order chi connectivity index (χ0) is 15.2. The van der Waals surface area contributed by atoms with Crippen LogP contribution in [0.25, 0.3) is 0 Å². The molecule has 0 aromatic heterocycles. The topological polar surface area (TPSA) is 74.6 Å². The highest BCUT2D eigenvalue weighted by Gasteiger charge is 2.45. The summed E-state index contributed by atoms with van der Waals surface area (Å²) < 4.78 is 0. The Morgan fingerprint density at radius 3 is 2.50 bits per heavy atom. The highest BCUT2D eigenvalue weighted by Crippen LogP contribution is 2.45. The van der Waals surface area contributed by atoms with Gasteiger partial charge in [-0.25, -0.2) is 0 Å². The minimum Gasteiger partial charge on any atom is -0.481 e. The largest absolute Gasteiger partial charge is 0.481 e. The van der Waals surface area contributed by atoms with Gasteiger partial charge in [-0.3, -0.25) is 9.59 Å². The molecule has 20 heavy (non-hydrogen) atoms. The van der Waals surface area contributed by atoms with Crippen LogP contribution in [0.3, 0.4) is 0 Å².